The average Bonchev–Trinajstić information content (AvgIpc) is 2.57. The number of hydrogen-bond donors (Lipinski definition) is 0. The molecule has 2 aromatic rings. The summed E-state index contributed by atoms with van der Waals surface area (Å²) in [6, 6.07) is 20.6. The van der Waals surface area contributed by atoms with Crippen LogP contribution in [0.2, 0.25) is 0 Å². The van der Waals surface area contributed by atoms with Gasteiger partial charge in [0, 0.05) is 21.6 Å². The van der Waals surface area contributed by atoms with Crippen molar-refractivity contribution in [2.24, 2.45) is 0 Å². The Bertz CT molecular complexity index is 527. The van der Waals surface area contributed by atoms with Crippen LogP contribution in [-0.4, -0.2) is 6.26 Å². The number of hydrogen-bond acceptors (Lipinski definition) is 1. The Hall–Kier alpha value is -1.64. The summed E-state index contributed by atoms with van der Waals surface area (Å²) in [5.74, 6) is 0. The van der Waals surface area contributed by atoms with Crippen molar-refractivity contribution >= 4 is 23.5 Å². The first-order valence-corrected chi connectivity index (χ1v) is 8.79. The Morgan fingerprint density at radius 2 is 1.48 bits per heavy atom. The number of thiol groups is 1. The van der Waals surface area contributed by atoms with Gasteiger partial charge in [-0.3, -0.25) is 0 Å². The number of rotatable bonds is 5. The lowest BCUT2D eigenvalue weighted by atomic mass is 10.4. The van der Waals surface area contributed by atoms with Crippen LogP contribution in [0.25, 0.3) is 0 Å². The van der Waals surface area contributed by atoms with Crippen LogP contribution >= 0.6 is 11.8 Å². The van der Waals surface area contributed by atoms with E-state index in [1.807, 2.05) is 48.6 Å². The Labute approximate surface area is 136 Å². The molecule has 0 atom stereocenters. The fraction of sp³-hybridized carbons (Fsp3) is 0.0526. The zero-order valence-electron chi connectivity index (χ0n) is 12.3. The lowest BCUT2D eigenvalue weighted by Crippen LogP contribution is -1.79. The first-order chi connectivity index (χ1) is 10.3. The molecule has 0 aromatic heterocycles. The van der Waals surface area contributed by atoms with Crippen molar-refractivity contribution in [2.75, 3.05) is 6.26 Å². The first kappa shape index (κ1) is 17.4. The molecule has 0 bridgehead atoms. The molecule has 0 aliphatic rings. The second-order valence-corrected chi connectivity index (χ2v) is 6.09. The quantitative estimate of drug-likeness (QED) is 0.303. The van der Waals surface area contributed by atoms with Crippen LogP contribution in [0, 0.1) is 0 Å². The van der Waals surface area contributed by atoms with Gasteiger partial charge in [-0.25, -0.2) is 0 Å². The van der Waals surface area contributed by atoms with Crippen molar-refractivity contribution in [1.82, 2.24) is 0 Å². The molecule has 2 rings (SSSR count). The maximum Gasteiger partial charge on any atom is 0.152 e. The van der Waals surface area contributed by atoms with E-state index in [1.54, 1.807) is 17.8 Å². The molecule has 0 N–H and O–H groups in total. The summed E-state index contributed by atoms with van der Waals surface area (Å²) in [4.78, 5) is 3.69. The zero-order chi connectivity index (χ0) is 15.3. The number of thioether (sulfide) groups is 1. The van der Waals surface area contributed by atoms with E-state index in [4.69, 9.17) is 0 Å². The number of allylic oxidation sites excluding steroid dienone is 3. The highest BCUT2D eigenvalue weighted by atomic mass is 32.2. The van der Waals surface area contributed by atoms with Crippen LogP contribution in [-0.2, 0) is 11.8 Å². The molecule has 0 radical (unpaired) electrons. The molecule has 0 aliphatic carbocycles. The molecule has 0 nitrogen and oxygen atoms in total. The zero-order valence-corrected chi connectivity index (χ0v) is 14.0. The SMILES string of the molecule is C=C/C=C(\C=C)Sc1ccc([SH+]C)cc1.c1ccccc1. The molecular weight excluding hydrogens is 292 g/mol. The highest BCUT2D eigenvalue weighted by molar-refractivity contribution is 8.03. The van der Waals surface area contributed by atoms with E-state index in [0.29, 0.717) is 0 Å². The minimum absolute atomic E-state index is 1.12. The normalized spacial score (nSPS) is 10.2. The molecule has 2 heteroatoms. The first-order valence-electron chi connectivity index (χ1n) is 6.63. The van der Waals surface area contributed by atoms with Gasteiger partial charge in [0.2, 0.25) is 0 Å². The third kappa shape index (κ3) is 7.64. The van der Waals surface area contributed by atoms with E-state index < -0.39 is 0 Å². The molecule has 21 heavy (non-hydrogen) atoms. The van der Waals surface area contributed by atoms with E-state index in [9.17, 15) is 0 Å². The van der Waals surface area contributed by atoms with Crippen LogP contribution in [0.5, 0.6) is 0 Å². The molecule has 0 saturated heterocycles. The fourth-order valence-corrected chi connectivity index (χ4v) is 2.68. The van der Waals surface area contributed by atoms with Gasteiger partial charge in [0.1, 0.15) is 6.26 Å². The van der Waals surface area contributed by atoms with Gasteiger partial charge in [-0.15, -0.1) is 0 Å². The van der Waals surface area contributed by atoms with Crippen LogP contribution in [0.4, 0.5) is 0 Å². The Morgan fingerprint density at radius 3 is 1.86 bits per heavy atom. The molecule has 2 aromatic carbocycles. The van der Waals surface area contributed by atoms with Crippen LogP contribution in [0.3, 0.4) is 0 Å². The van der Waals surface area contributed by atoms with E-state index in [2.05, 4.69) is 43.7 Å². The topological polar surface area (TPSA) is 0 Å². The summed E-state index contributed by atoms with van der Waals surface area (Å²) < 4.78 is 0. The Morgan fingerprint density at radius 1 is 0.952 bits per heavy atom. The lowest BCUT2D eigenvalue weighted by Gasteiger charge is -2.00. The van der Waals surface area contributed by atoms with Crippen molar-refractivity contribution in [2.45, 2.75) is 9.79 Å². The van der Waals surface area contributed by atoms with Gasteiger partial charge in [-0.1, -0.05) is 73.5 Å². The van der Waals surface area contributed by atoms with Gasteiger partial charge in [0.05, 0.1) is 0 Å². The number of benzene rings is 2. The highest BCUT2D eigenvalue weighted by Crippen LogP contribution is 2.27. The van der Waals surface area contributed by atoms with Crippen molar-refractivity contribution < 1.29 is 0 Å². The van der Waals surface area contributed by atoms with E-state index >= 15 is 0 Å². The molecule has 0 heterocycles. The van der Waals surface area contributed by atoms with Crippen LogP contribution in [0.1, 0.15) is 0 Å². The third-order valence-electron chi connectivity index (χ3n) is 2.48. The smallest absolute Gasteiger partial charge is 0.0990 e. The molecule has 108 valence electrons. The molecule has 0 aliphatic heterocycles. The molecule has 0 amide bonds. The standard InChI is InChI=1S/C13H14S2.C6H6/c1-4-6-11(5-2)15-13-9-7-12(14-3)8-10-13;1-2-4-6-5-3-1/h4-10H,1-2H2,3H3;1-6H/p+1/b11-6+;. The fourth-order valence-electron chi connectivity index (χ4n) is 1.44. The van der Waals surface area contributed by atoms with Crippen molar-refractivity contribution in [3.63, 3.8) is 0 Å². The second-order valence-electron chi connectivity index (χ2n) is 3.98. The van der Waals surface area contributed by atoms with E-state index in [-0.39, 0.29) is 0 Å². The van der Waals surface area contributed by atoms with Gasteiger partial charge >= 0.3 is 0 Å². The summed E-state index contributed by atoms with van der Waals surface area (Å²) in [7, 11) is 0. The van der Waals surface area contributed by atoms with Crippen molar-refractivity contribution in [3.05, 3.63) is 97.0 Å². The maximum atomic E-state index is 3.77. The summed E-state index contributed by atoms with van der Waals surface area (Å²) in [6.45, 7) is 7.45. The second kappa shape index (κ2) is 11.1. The molecule has 0 spiro atoms. The van der Waals surface area contributed by atoms with Gasteiger partial charge in [0.25, 0.3) is 0 Å². The lowest BCUT2D eigenvalue weighted by molar-refractivity contribution is 1.36. The monoisotopic (exact) mass is 313 g/mol. The largest absolute Gasteiger partial charge is 0.152 e. The highest BCUT2D eigenvalue weighted by Gasteiger charge is 1.99. The van der Waals surface area contributed by atoms with E-state index in [0.717, 1.165) is 4.91 Å². The predicted molar refractivity (Wildman–Crippen MR) is 100 cm³/mol. The Kier molecular flexibility index (Phi) is 9.18. The molecule has 0 saturated carbocycles. The summed E-state index contributed by atoms with van der Waals surface area (Å²) >= 11 is 3.01. The predicted octanol–water partition coefficient (Wildman–Crippen LogP) is 5.52. The Balaban J connectivity index is 0.000000304. The van der Waals surface area contributed by atoms with Gasteiger partial charge in [-0.05, 0) is 30.3 Å². The minimum Gasteiger partial charge on any atom is -0.0990 e. The molecular formula is C19H21S2+. The minimum atomic E-state index is 1.12. The average molecular weight is 314 g/mol. The molecule has 0 fully saturated rings. The van der Waals surface area contributed by atoms with Gasteiger partial charge < -0.3 is 0 Å². The van der Waals surface area contributed by atoms with Crippen molar-refractivity contribution in [3.8, 4) is 0 Å². The van der Waals surface area contributed by atoms with Crippen LogP contribution < -0.4 is 0 Å². The maximum absolute atomic E-state index is 3.77. The summed E-state index contributed by atoms with van der Waals surface area (Å²) in [5, 5.41) is 0. The van der Waals surface area contributed by atoms with Crippen molar-refractivity contribution in [1.29, 1.82) is 0 Å². The van der Waals surface area contributed by atoms with Gasteiger partial charge in [-0.2, -0.15) is 0 Å². The summed E-state index contributed by atoms with van der Waals surface area (Å²) in [6.07, 6.45) is 7.72. The summed E-state index contributed by atoms with van der Waals surface area (Å²) in [5.41, 5.74) is 0. The van der Waals surface area contributed by atoms with Crippen LogP contribution in [0.15, 0.2) is 107 Å². The van der Waals surface area contributed by atoms with Gasteiger partial charge in [0.15, 0.2) is 4.90 Å². The third-order valence-corrected chi connectivity index (χ3v) is 4.34. The molecule has 0 unspecified atom stereocenters. The van der Waals surface area contributed by atoms with E-state index in [1.165, 1.54) is 21.6 Å².